The van der Waals surface area contributed by atoms with Gasteiger partial charge in [0, 0.05) is 12.0 Å². The fraction of sp³-hybridized carbons (Fsp3) is 0.474. The van der Waals surface area contributed by atoms with E-state index < -0.39 is 0 Å². The summed E-state index contributed by atoms with van der Waals surface area (Å²) in [6, 6.07) is 9.79. The molecule has 120 valence electrons. The Labute approximate surface area is 135 Å². The molecule has 2 aliphatic carbocycles. The van der Waals surface area contributed by atoms with Gasteiger partial charge in [-0.05, 0) is 37.0 Å². The second-order valence-electron chi connectivity index (χ2n) is 6.78. The van der Waals surface area contributed by atoms with Crippen LogP contribution in [0.1, 0.15) is 38.0 Å². The van der Waals surface area contributed by atoms with Gasteiger partial charge in [0.25, 0.3) is 0 Å². The Hall–Kier alpha value is -2.10. The average Bonchev–Trinajstić information content (AvgIpc) is 3.30. The molecule has 2 aromatic rings. The second-order valence-corrected chi connectivity index (χ2v) is 6.78. The van der Waals surface area contributed by atoms with Gasteiger partial charge in [-0.25, -0.2) is 4.98 Å². The Balaban J connectivity index is 1.29. The second kappa shape index (κ2) is 6.19. The van der Waals surface area contributed by atoms with Gasteiger partial charge in [-0.15, -0.1) is 0 Å². The van der Waals surface area contributed by atoms with Crippen molar-refractivity contribution in [3.63, 3.8) is 0 Å². The molecular formula is C19H21NO3. The molecule has 3 atom stereocenters. The van der Waals surface area contributed by atoms with Crippen molar-refractivity contribution < 1.29 is 13.9 Å². The van der Waals surface area contributed by atoms with Crippen molar-refractivity contribution in [2.75, 3.05) is 0 Å². The highest BCUT2D eigenvalue weighted by molar-refractivity contribution is 5.69. The van der Waals surface area contributed by atoms with E-state index in [-0.39, 0.29) is 12.6 Å². The number of nitrogens with zero attached hydrogens (tertiary/aromatic N) is 1. The molecule has 0 amide bonds. The zero-order valence-corrected chi connectivity index (χ0v) is 13.1. The molecule has 0 radical (unpaired) electrons. The highest BCUT2D eigenvalue weighted by Crippen LogP contribution is 2.49. The van der Waals surface area contributed by atoms with Crippen LogP contribution in [0.25, 0.3) is 11.3 Å². The smallest absolute Gasteiger partial charge is 0.306 e. The molecule has 4 nitrogen and oxygen atoms in total. The third-order valence-corrected chi connectivity index (χ3v) is 5.28. The van der Waals surface area contributed by atoms with Crippen molar-refractivity contribution in [1.29, 1.82) is 0 Å². The molecule has 2 saturated carbocycles. The first-order chi connectivity index (χ1) is 11.3. The number of aromatic nitrogens is 1. The minimum atomic E-state index is -0.123. The number of ether oxygens (including phenoxy) is 1. The molecule has 0 saturated heterocycles. The normalized spacial score (nSPS) is 25.7. The van der Waals surface area contributed by atoms with E-state index >= 15 is 0 Å². The molecule has 23 heavy (non-hydrogen) atoms. The van der Waals surface area contributed by atoms with Crippen LogP contribution in [0.4, 0.5) is 0 Å². The van der Waals surface area contributed by atoms with E-state index in [4.69, 9.17) is 9.15 Å². The van der Waals surface area contributed by atoms with Gasteiger partial charge in [-0.2, -0.15) is 0 Å². The number of rotatable bonds is 5. The van der Waals surface area contributed by atoms with Crippen molar-refractivity contribution >= 4 is 5.97 Å². The number of oxazole rings is 1. The van der Waals surface area contributed by atoms with Crippen LogP contribution in [0, 0.1) is 17.8 Å². The minimum Gasteiger partial charge on any atom is -0.456 e. The first-order valence-electron chi connectivity index (χ1n) is 8.43. The molecule has 2 bridgehead atoms. The van der Waals surface area contributed by atoms with Gasteiger partial charge in [0.05, 0.1) is 6.20 Å². The maximum atomic E-state index is 12.0. The number of carbonyl (C=O) groups is 1. The number of hydrogen-bond donors (Lipinski definition) is 0. The predicted octanol–water partition coefficient (Wildman–Crippen LogP) is 4.21. The van der Waals surface area contributed by atoms with Crippen molar-refractivity contribution in [2.45, 2.75) is 38.7 Å². The van der Waals surface area contributed by atoms with E-state index in [0.29, 0.717) is 24.0 Å². The highest BCUT2D eigenvalue weighted by atomic mass is 16.5. The molecule has 0 aliphatic heterocycles. The van der Waals surface area contributed by atoms with Crippen molar-refractivity contribution in [3.05, 3.63) is 42.4 Å². The van der Waals surface area contributed by atoms with Crippen LogP contribution in [0.3, 0.4) is 0 Å². The molecule has 0 spiro atoms. The first-order valence-corrected chi connectivity index (χ1v) is 8.43. The maximum Gasteiger partial charge on any atom is 0.306 e. The van der Waals surface area contributed by atoms with E-state index in [9.17, 15) is 4.79 Å². The van der Waals surface area contributed by atoms with Gasteiger partial charge < -0.3 is 9.15 Å². The molecule has 0 unspecified atom stereocenters. The Morgan fingerprint density at radius 3 is 2.83 bits per heavy atom. The van der Waals surface area contributed by atoms with Crippen molar-refractivity contribution in [2.24, 2.45) is 17.8 Å². The average molecular weight is 311 g/mol. The summed E-state index contributed by atoms with van der Waals surface area (Å²) in [7, 11) is 0. The Kier molecular flexibility index (Phi) is 3.90. The van der Waals surface area contributed by atoms with Crippen LogP contribution >= 0.6 is 0 Å². The zero-order valence-electron chi connectivity index (χ0n) is 13.1. The summed E-state index contributed by atoms with van der Waals surface area (Å²) in [5.41, 5.74) is 0.972. The predicted molar refractivity (Wildman–Crippen MR) is 85.3 cm³/mol. The largest absolute Gasteiger partial charge is 0.456 e. The summed E-state index contributed by atoms with van der Waals surface area (Å²) < 4.78 is 11.0. The minimum absolute atomic E-state index is 0.118. The van der Waals surface area contributed by atoms with Gasteiger partial charge in [0.2, 0.25) is 5.89 Å². The molecular weight excluding hydrogens is 290 g/mol. The number of fused-ring (bicyclic) bond motifs is 2. The lowest BCUT2D eigenvalue weighted by molar-refractivity contribution is -0.147. The molecule has 4 rings (SSSR count). The topological polar surface area (TPSA) is 52.3 Å². The maximum absolute atomic E-state index is 12.0. The Morgan fingerprint density at radius 2 is 2.09 bits per heavy atom. The number of benzene rings is 1. The molecule has 1 heterocycles. The number of hydrogen-bond acceptors (Lipinski definition) is 4. The van der Waals surface area contributed by atoms with Gasteiger partial charge >= 0.3 is 5.97 Å². The van der Waals surface area contributed by atoms with Crippen LogP contribution in [0.2, 0.25) is 0 Å². The van der Waals surface area contributed by atoms with Crippen LogP contribution < -0.4 is 0 Å². The summed E-state index contributed by atoms with van der Waals surface area (Å²) in [6.07, 6.45) is 7.40. The standard InChI is InChI=1S/C19H21NO3/c21-19(10-16-9-13-6-7-15(16)8-13)22-12-18-20-11-17(23-18)14-4-2-1-3-5-14/h1-5,11,13,15-16H,6-10,12H2/t13-,15-,16-/m1/s1. The van der Waals surface area contributed by atoms with Crippen molar-refractivity contribution in [1.82, 2.24) is 4.98 Å². The first kappa shape index (κ1) is 14.5. The summed E-state index contributed by atoms with van der Waals surface area (Å²) in [4.78, 5) is 16.2. The van der Waals surface area contributed by atoms with Crippen LogP contribution in [-0.4, -0.2) is 11.0 Å². The lowest BCUT2D eigenvalue weighted by Gasteiger charge is -2.20. The van der Waals surface area contributed by atoms with Crippen LogP contribution in [0.5, 0.6) is 0 Å². The van der Waals surface area contributed by atoms with E-state index in [1.54, 1.807) is 6.20 Å². The van der Waals surface area contributed by atoms with E-state index in [1.165, 1.54) is 25.7 Å². The lowest BCUT2D eigenvalue weighted by atomic mass is 9.86. The van der Waals surface area contributed by atoms with E-state index in [2.05, 4.69) is 4.98 Å². The summed E-state index contributed by atoms with van der Waals surface area (Å²) in [6.45, 7) is 0.118. The van der Waals surface area contributed by atoms with E-state index in [0.717, 1.165) is 17.4 Å². The summed E-state index contributed by atoms with van der Waals surface area (Å²) >= 11 is 0. The molecule has 4 heteroatoms. The SMILES string of the molecule is O=C(C[C@H]1C[C@@H]2CC[C@@H]1C2)OCc1ncc(-c2ccccc2)o1. The zero-order chi connectivity index (χ0) is 15.6. The fourth-order valence-electron chi connectivity index (χ4n) is 4.15. The number of esters is 1. The quantitative estimate of drug-likeness (QED) is 0.776. The monoisotopic (exact) mass is 311 g/mol. The molecule has 0 N–H and O–H groups in total. The molecule has 1 aromatic carbocycles. The van der Waals surface area contributed by atoms with Crippen molar-refractivity contribution in [3.8, 4) is 11.3 Å². The molecule has 2 aliphatic rings. The Morgan fingerprint density at radius 1 is 1.22 bits per heavy atom. The van der Waals surface area contributed by atoms with Gasteiger partial charge in [-0.3, -0.25) is 4.79 Å². The fourth-order valence-corrected chi connectivity index (χ4v) is 4.15. The summed E-state index contributed by atoms with van der Waals surface area (Å²) in [5.74, 6) is 3.17. The lowest BCUT2D eigenvalue weighted by Crippen LogP contribution is -2.16. The molecule has 2 fully saturated rings. The van der Waals surface area contributed by atoms with E-state index in [1.807, 2.05) is 30.3 Å². The molecule has 1 aromatic heterocycles. The number of carbonyl (C=O) groups excluding carboxylic acids is 1. The van der Waals surface area contributed by atoms with Gasteiger partial charge in [-0.1, -0.05) is 36.8 Å². The highest BCUT2D eigenvalue weighted by Gasteiger charge is 2.40. The summed E-state index contributed by atoms with van der Waals surface area (Å²) in [5, 5.41) is 0. The van der Waals surface area contributed by atoms with Gasteiger partial charge in [0.1, 0.15) is 0 Å². The third kappa shape index (κ3) is 3.16. The van der Waals surface area contributed by atoms with Crippen LogP contribution in [0.15, 0.2) is 40.9 Å². The Bertz CT molecular complexity index is 679. The van der Waals surface area contributed by atoms with Gasteiger partial charge in [0.15, 0.2) is 12.4 Å². The third-order valence-electron chi connectivity index (χ3n) is 5.28. The van der Waals surface area contributed by atoms with Crippen LogP contribution in [-0.2, 0) is 16.1 Å².